The Labute approximate surface area is 166 Å². The number of aromatic nitrogens is 3. The SMILES string of the molecule is Cc1ccc2nc(N3CCC[C@@H](O)C3)c(CN(C)Cc3cnn(C)c3)cc2c1. The highest BCUT2D eigenvalue weighted by Crippen LogP contribution is 2.28. The molecule has 4 rings (SSSR count). The molecular formula is C22H29N5O. The van der Waals surface area contributed by atoms with E-state index in [1.54, 1.807) is 0 Å². The summed E-state index contributed by atoms with van der Waals surface area (Å²) in [7, 11) is 4.07. The fourth-order valence-electron chi connectivity index (χ4n) is 4.08. The standard InChI is InChI=1S/C22H29N5O/c1-16-6-7-21-18(9-16)10-19(14-25(2)12-17-11-23-26(3)13-17)22(24-21)27-8-4-5-20(28)15-27/h6-7,9-11,13,20,28H,4-5,8,12,14-15H2,1-3H3/t20-/m1/s1. The summed E-state index contributed by atoms with van der Waals surface area (Å²) in [6.07, 6.45) is 5.57. The van der Waals surface area contributed by atoms with Gasteiger partial charge in [-0.05, 0) is 45.0 Å². The predicted octanol–water partition coefficient (Wildman–Crippen LogP) is 2.87. The van der Waals surface area contributed by atoms with Crippen molar-refractivity contribution in [1.29, 1.82) is 0 Å². The number of aliphatic hydroxyl groups excluding tert-OH is 1. The van der Waals surface area contributed by atoms with Crippen molar-refractivity contribution in [3.05, 3.63) is 53.3 Å². The molecule has 3 aromatic rings. The number of fused-ring (bicyclic) bond motifs is 1. The van der Waals surface area contributed by atoms with Crippen molar-refractivity contribution >= 4 is 16.7 Å². The van der Waals surface area contributed by atoms with Crippen molar-refractivity contribution in [1.82, 2.24) is 19.7 Å². The van der Waals surface area contributed by atoms with Crippen LogP contribution < -0.4 is 4.90 Å². The van der Waals surface area contributed by atoms with Crippen LogP contribution in [0.4, 0.5) is 5.82 Å². The maximum atomic E-state index is 10.2. The molecule has 28 heavy (non-hydrogen) atoms. The third-order valence-electron chi connectivity index (χ3n) is 5.37. The van der Waals surface area contributed by atoms with Crippen molar-refractivity contribution in [2.75, 3.05) is 25.0 Å². The first kappa shape index (κ1) is 18.9. The maximum absolute atomic E-state index is 10.2. The van der Waals surface area contributed by atoms with E-state index in [4.69, 9.17) is 4.98 Å². The molecule has 1 aliphatic heterocycles. The number of benzene rings is 1. The molecule has 2 aromatic heterocycles. The number of hydrogen-bond acceptors (Lipinski definition) is 5. The molecule has 0 spiro atoms. The van der Waals surface area contributed by atoms with E-state index in [0.717, 1.165) is 43.8 Å². The lowest BCUT2D eigenvalue weighted by Gasteiger charge is -2.33. The van der Waals surface area contributed by atoms with Gasteiger partial charge in [-0.25, -0.2) is 4.98 Å². The van der Waals surface area contributed by atoms with E-state index in [2.05, 4.69) is 59.3 Å². The summed E-state index contributed by atoms with van der Waals surface area (Å²) in [5, 5.41) is 15.6. The van der Waals surface area contributed by atoms with Gasteiger partial charge in [0.05, 0.1) is 17.8 Å². The zero-order valence-electron chi connectivity index (χ0n) is 17.0. The largest absolute Gasteiger partial charge is 0.391 e. The van der Waals surface area contributed by atoms with Crippen LogP contribution in [0.25, 0.3) is 10.9 Å². The van der Waals surface area contributed by atoms with E-state index in [0.29, 0.717) is 6.54 Å². The van der Waals surface area contributed by atoms with Gasteiger partial charge in [-0.3, -0.25) is 9.58 Å². The molecule has 1 atom stereocenters. The van der Waals surface area contributed by atoms with Crippen molar-refractivity contribution in [3.63, 3.8) is 0 Å². The van der Waals surface area contributed by atoms with Gasteiger partial charge < -0.3 is 10.0 Å². The Morgan fingerprint density at radius 2 is 2.11 bits per heavy atom. The smallest absolute Gasteiger partial charge is 0.133 e. The second-order valence-corrected chi connectivity index (χ2v) is 8.10. The Kier molecular flexibility index (Phi) is 5.33. The summed E-state index contributed by atoms with van der Waals surface area (Å²) in [6, 6.07) is 8.67. The Hall–Kier alpha value is -2.44. The minimum Gasteiger partial charge on any atom is -0.391 e. The van der Waals surface area contributed by atoms with Crippen LogP contribution in [0.5, 0.6) is 0 Å². The van der Waals surface area contributed by atoms with Gasteiger partial charge in [0, 0.05) is 55.9 Å². The van der Waals surface area contributed by atoms with Crippen LogP contribution in [0, 0.1) is 6.92 Å². The van der Waals surface area contributed by atoms with Gasteiger partial charge in [0.1, 0.15) is 5.82 Å². The van der Waals surface area contributed by atoms with E-state index in [1.165, 1.54) is 22.1 Å². The summed E-state index contributed by atoms with van der Waals surface area (Å²) in [5.41, 5.74) is 4.66. The van der Waals surface area contributed by atoms with E-state index in [1.807, 2.05) is 17.9 Å². The molecule has 0 radical (unpaired) electrons. The quantitative estimate of drug-likeness (QED) is 0.739. The lowest BCUT2D eigenvalue weighted by atomic mass is 10.1. The van der Waals surface area contributed by atoms with E-state index in [9.17, 15) is 5.11 Å². The second kappa shape index (κ2) is 7.89. The van der Waals surface area contributed by atoms with Gasteiger partial charge in [0.2, 0.25) is 0 Å². The number of hydrogen-bond donors (Lipinski definition) is 1. The molecule has 0 saturated carbocycles. The van der Waals surface area contributed by atoms with Crippen LogP contribution in [-0.2, 0) is 20.1 Å². The van der Waals surface area contributed by atoms with Crippen LogP contribution in [0.15, 0.2) is 36.7 Å². The first-order valence-corrected chi connectivity index (χ1v) is 9.97. The normalized spacial score (nSPS) is 17.6. The van der Waals surface area contributed by atoms with Gasteiger partial charge >= 0.3 is 0 Å². The molecule has 3 heterocycles. The summed E-state index contributed by atoms with van der Waals surface area (Å²) in [6.45, 7) is 5.35. The van der Waals surface area contributed by atoms with Crippen molar-refractivity contribution in [3.8, 4) is 0 Å². The van der Waals surface area contributed by atoms with Crippen LogP contribution in [-0.4, -0.2) is 51.0 Å². The fourth-order valence-corrected chi connectivity index (χ4v) is 4.08. The molecule has 0 bridgehead atoms. The van der Waals surface area contributed by atoms with Gasteiger partial charge in [0.15, 0.2) is 0 Å². The molecule has 1 aliphatic rings. The minimum absolute atomic E-state index is 0.273. The molecule has 0 unspecified atom stereocenters. The first-order chi connectivity index (χ1) is 13.5. The van der Waals surface area contributed by atoms with E-state index >= 15 is 0 Å². The zero-order chi connectivity index (χ0) is 19.7. The maximum Gasteiger partial charge on any atom is 0.133 e. The molecule has 1 aromatic carbocycles. The monoisotopic (exact) mass is 379 g/mol. The number of β-amino-alcohol motifs (C(OH)–C–C–N with tert-alkyl or cyclic N) is 1. The molecule has 0 amide bonds. The Morgan fingerprint density at radius 1 is 1.25 bits per heavy atom. The van der Waals surface area contributed by atoms with Crippen molar-refractivity contribution in [2.24, 2.45) is 7.05 Å². The molecule has 1 saturated heterocycles. The highest BCUT2D eigenvalue weighted by atomic mass is 16.3. The first-order valence-electron chi connectivity index (χ1n) is 9.97. The van der Waals surface area contributed by atoms with Gasteiger partial charge in [-0.2, -0.15) is 5.10 Å². The highest BCUT2D eigenvalue weighted by molar-refractivity contribution is 5.82. The van der Waals surface area contributed by atoms with Crippen LogP contribution in [0.3, 0.4) is 0 Å². The Morgan fingerprint density at radius 3 is 2.86 bits per heavy atom. The Balaban J connectivity index is 1.66. The topological polar surface area (TPSA) is 57.4 Å². The summed E-state index contributed by atoms with van der Waals surface area (Å²) in [4.78, 5) is 9.55. The van der Waals surface area contributed by atoms with Crippen LogP contribution >= 0.6 is 0 Å². The number of pyridine rings is 1. The summed E-state index contributed by atoms with van der Waals surface area (Å²) >= 11 is 0. The molecule has 1 N–H and O–H groups in total. The van der Waals surface area contributed by atoms with E-state index in [-0.39, 0.29) is 6.10 Å². The highest BCUT2D eigenvalue weighted by Gasteiger charge is 2.22. The average Bonchev–Trinajstić information content (AvgIpc) is 3.05. The van der Waals surface area contributed by atoms with Crippen LogP contribution in [0.2, 0.25) is 0 Å². The van der Waals surface area contributed by atoms with Gasteiger partial charge in [-0.15, -0.1) is 0 Å². The number of aliphatic hydroxyl groups is 1. The second-order valence-electron chi connectivity index (χ2n) is 8.10. The number of aryl methyl sites for hydroxylation is 2. The van der Waals surface area contributed by atoms with Gasteiger partial charge in [-0.1, -0.05) is 11.6 Å². The lowest BCUT2D eigenvalue weighted by molar-refractivity contribution is 0.153. The number of rotatable bonds is 5. The van der Waals surface area contributed by atoms with Crippen molar-refractivity contribution in [2.45, 2.75) is 39.0 Å². The fraction of sp³-hybridized carbons (Fsp3) is 0.455. The number of piperidine rings is 1. The Bertz CT molecular complexity index is 967. The third kappa shape index (κ3) is 4.18. The van der Waals surface area contributed by atoms with Crippen LogP contribution in [0.1, 0.15) is 29.5 Å². The molecule has 1 fully saturated rings. The average molecular weight is 380 g/mol. The molecule has 6 nitrogen and oxygen atoms in total. The zero-order valence-corrected chi connectivity index (χ0v) is 17.0. The predicted molar refractivity (Wildman–Crippen MR) is 112 cm³/mol. The molecule has 6 heteroatoms. The molecular weight excluding hydrogens is 350 g/mol. The lowest BCUT2D eigenvalue weighted by Crippen LogP contribution is -2.39. The van der Waals surface area contributed by atoms with E-state index < -0.39 is 0 Å². The summed E-state index contributed by atoms with van der Waals surface area (Å²) in [5.74, 6) is 1.01. The van der Waals surface area contributed by atoms with Crippen molar-refractivity contribution < 1.29 is 5.11 Å². The summed E-state index contributed by atoms with van der Waals surface area (Å²) < 4.78 is 1.84. The minimum atomic E-state index is -0.273. The number of anilines is 1. The third-order valence-corrected chi connectivity index (χ3v) is 5.37. The number of nitrogens with zero attached hydrogens (tertiary/aromatic N) is 5. The molecule has 0 aliphatic carbocycles. The van der Waals surface area contributed by atoms with Gasteiger partial charge in [0.25, 0.3) is 0 Å². The molecule has 148 valence electrons.